The fourth-order valence-electron chi connectivity index (χ4n) is 5.17. The summed E-state index contributed by atoms with van der Waals surface area (Å²) in [5, 5.41) is 4.11. The Kier molecular flexibility index (Phi) is 6.63. The number of nitrogens with one attached hydrogen (secondary N) is 1. The number of hydrogen-bond acceptors (Lipinski definition) is 7. The third-order valence-electron chi connectivity index (χ3n) is 7.38. The van der Waals surface area contributed by atoms with Crippen LogP contribution in [0.5, 0.6) is 0 Å². The van der Waals surface area contributed by atoms with Crippen molar-refractivity contribution in [2.24, 2.45) is 0 Å². The summed E-state index contributed by atoms with van der Waals surface area (Å²) in [6.45, 7) is 4.81. The molecule has 2 fully saturated rings. The number of thiophene rings is 1. The first-order chi connectivity index (χ1) is 16.8. The Balaban J connectivity index is 1.43. The van der Waals surface area contributed by atoms with E-state index in [-0.39, 0.29) is 11.7 Å². The monoisotopic (exact) mass is 496 g/mol. The number of carbonyl (C=O) groups is 1. The summed E-state index contributed by atoms with van der Waals surface area (Å²) in [5.74, 6) is 0.693. The number of rotatable bonds is 5. The molecule has 3 aromatic heterocycles. The predicted molar refractivity (Wildman–Crippen MR) is 141 cm³/mol. The number of piperazine rings is 1. The molecule has 0 spiro atoms. The van der Waals surface area contributed by atoms with Gasteiger partial charge in [0.05, 0.1) is 21.5 Å². The number of nitrogens with zero attached hydrogens (tertiary/aromatic N) is 5. The second-order valence-electron chi connectivity index (χ2n) is 10.0. The molecule has 9 heteroatoms. The van der Waals surface area contributed by atoms with Crippen LogP contribution in [0.4, 0.5) is 21.7 Å². The van der Waals surface area contributed by atoms with Gasteiger partial charge in [-0.3, -0.25) is 4.79 Å². The molecule has 1 amide bonds. The highest BCUT2D eigenvalue weighted by Crippen LogP contribution is 2.44. The van der Waals surface area contributed by atoms with E-state index in [0.717, 1.165) is 58.7 Å². The van der Waals surface area contributed by atoms with Gasteiger partial charge in [-0.25, -0.2) is 14.4 Å². The standard InChI is InChI=1S/C26H33FN6OS/c1-16-15-33(10-9-32(16)4)18-11-20(27)25(29-13-18)30-22-12-19-21(14-28-22)35-24(26(34)31(2)3)23(19)17-7-5-6-8-17/h11-14,16-17H,5-10,15H2,1-4H3,(H,28,29,30)/t16-/m1/s1. The van der Waals surface area contributed by atoms with E-state index in [1.165, 1.54) is 24.2 Å². The summed E-state index contributed by atoms with van der Waals surface area (Å²) in [4.78, 5) is 28.8. The molecule has 1 saturated carbocycles. The van der Waals surface area contributed by atoms with Gasteiger partial charge in [0.15, 0.2) is 11.6 Å². The van der Waals surface area contributed by atoms with Crippen molar-refractivity contribution < 1.29 is 9.18 Å². The molecule has 1 saturated heterocycles. The number of pyridine rings is 2. The molecule has 5 rings (SSSR count). The van der Waals surface area contributed by atoms with Crippen molar-refractivity contribution in [3.05, 3.63) is 40.8 Å². The fraction of sp³-hybridized carbons (Fsp3) is 0.500. The van der Waals surface area contributed by atoms with E-state index in [2.05, 4.69) is 39.1 Å². The van der Waals surface area contributed by atoms with Gasteiger partial charge >= 0.3 is 0 Å². The highest BCUT2D eigenvalue weighted by atomic mass is 32.1. The van der Waals surface area contributed by atoms with Gasteiger partial charge in [0.2, 0.25) is 0 Å². The lowest BCUT2D eigenvalue weighted by atomic mass is 9.94. The number of aromatic nitrogens is 2. The second-order valence-corrected chi connectivity index (χ2v) is 11.1. The topological polar surface area (TPSA) is 64.6 Å². The molecule has 1 atom stereocenters. The average Bonchev–Trinajstić information content (AvgIpc) is 3.49. The normalized spacial score (nSPS) is 19.5. The van der Waals surface area contributed by atoms with Crippen LogP contribution in [0.15, 0.2) is 24.5 Å². The van der Waals surface area contributed by atoms with Crippen LogP contribution in [-0.4, -0.2) is 72.5 Å². The van der Waals surface area contributed by atoms with Crippen LogP contribution in [0.25, 0.3) is 10.1 Å². The zero-order valence-corrected chi connectivity index (χ0v) is 21.7. The Morgan fingerprint density at radius 2 is 1.94 bits per heavy atom. The van der Waals surface area contributed by atoms with Crippen molar-refractivity contribution in [3.63, 3.8) is 0 Å². The van der Waals surface area contributed by atoms with Crippen molar-refractivity contribution in [1.29, 1.82) is 0 Å². The number of carbonyl (C=O) groups excluding carboxylic acids is 1. The van der Waals surface area contributed by atoms with Crippen molar-refractivity contribution in [2.75, 3.05) is 51.0 Å². The van der Waals surface area contributed by atoms with Gasteiger partial charge in [-0.05, 0) is 44.4 Å². The molecular formula is C26H33FN6OS. The molecule has 1 N–H and O–H groups in total. The van der Waals surface area contributed by atoms with Gasteiger partial charge in [-0.1, -0.05) is 12.8 Å². The van der Waals surface area contributed by atoms with Crippen molar-refractivity contribution in [3.8, 4) is 0 Å². The lowest BCUT2D eigenvalue weighted by Gasteiger charge is -2.38. The molecule has 2 aliphatic rings. The van der Waals surface area contributed by atoms with Crippen LogP contribution in [0.3, 0.4) is 0 Å². The first-order valence-electron chi connectivity index (χ1n) is 12.3. The van der Waals surface area contributed by atoms with Crippen molar-refractivity contribution in [1.82, 2.24) is 19.8 Å². The van der Waals surface area contributed by atoms with E-state index in [1.54, 1.807) is 37.5 Å². The predicted octanol–water partition coefficient (Wildman–Crippen LogP) is 5.07. The van der Waals surface area contributed by atoms with E-state index >= 15 is 4.39 Å². The van der Waals surface area contributed by atoms with Gasteiger partial charge < -0.3 is 20.0 Å². The lowest BCUT2D eigenvalue weighted by Crippen LogP contribution is -2.50. The van der Waals surface area contributed by atoms with E-state index in [1.807, 2.05) is 6.07 Å². The van der Waals surface area contributed by atoms with Gasteiger partial charge in [-0.15, -0.1) is 11.3 Å². The van der Waals surface area contributed by atoms with Gasteiger partial charge in [0, 0.05) is 57.4 Å². The zero-order valence-electron chi connectivity index (χ0n) is 20.8. The maximum Gasteiger partial charge on any atom is 0.263 e. The number of amides is 1. The average molecular weight is 497 g/mol. The number of hydrogen-bond donors (Lipinski definition) is 1. The zero-order chi connectivity index (χ0) is 24.7. The SMILES string of the molecule is C[C@@H]1CN(c2cnc(Nc3cc4c(C5CCCC5)c(C(=O)N(C)C)sc4cn3)c(F)c2)CCN1C. The molecule has 35 heavy (non-hydrogen) atoms. The van der Waals surface area contributed by atoms with Crippen molar-refractivity contribution in [2.45, 2.75) is 44.6 Å². The molecule has 4 heterocycles. The van der Waals surface area contributed by atoms with E-state index in [4.69, 9.17) is 0 Å². The minimum absolute atomic E-state index is 0.0316. The molecule has 3 aromatic rings. The van der Waals surface area contributed by atoms with Gasteiger partial charge in [-0.2, -0.15) is 0 Å². The summed E-state index contributed by atoms with van der Waals surface area (Å²) in [6.07, 6.45) is 8.05. The molecule has 186 valence electrons. The molecule has 0 unspecified atom stereocenters. The van der Waals surface area contributed by atoms with Crippen LogP contribution in [0.1, 0.15) is 53.8 Å². The van der Waals surface area contributed by atoms with Crippen LogP contribution in [-0.2, 0) is 0 Å². The van der Waals surface area contributed by atoms with Crippen molar-refractivity contribution >= 4 is 44.7 Å². The minimum atomic E-state index is -0.402. The maximum absolute atomic E-state index is 15.1. The van der Waals surface area contributed by atoms with Crippen LogP contribution < -0.4 is 10.2 Å². The first-order valence-corrected chi connectivity index (χ1v) is 13.2. The summed E-state index contributed by atoms with van der Waals surface area (Å²) in [6, 6.07) is 3.90. The highest BCUT2D eigenvalue weighted by molar-refractivity contribution is 7.21. The molecule has 0 aromatic carbocycles. The van der Waals surface area contributed by atoms with Crippen LogP contribution >= 0.6 is 11.3 Å². The number of anilines is 3. The summed E-state index contributed by atoms with van der Waals surface area (Å²) < 4.78 is 16.0. The summed E-state index contributed by atoms with van der Waals surface area (Å²) in [5.41, 5.74) is 1.92. The van der Waals surface area contributed by atoms with E-state index in [0.29, 0.717) is 17.8 Å². The third-order valence-corrected chi connectivity index (χ3v) is 8.52. The molecule has 1 aliphatic carbocycles. The van der Waals surface area contributed by atoms with Gasteiger partial charge in [0.1, 0.15) is 5.82 Å². The maximum atomic E-state index is 15.1. The first kappa shape index (κ1) is 23.9. The largest absolute Gasteiger partial charge is 0.367 e. The number of halogens is 1. The summed E-state index contributed by atoms with van der Waals surface area (Å²) in [7, 11) is 5.69. The second kappa shape index (κ2) is 9.70. The Labute approximate surface area is 210 Å². The van der Waals surface area contributed by atoms with Crippen LogP contribution in [0.2, 0.25) is 0 Å². The highest BCUT2D eigenvalue weighted by Gasteiger charge is 2.28. The number of likely N-dealkylation sites (N-methyl/N-ethyl adjacent to an activating group) is 1. The molecule has 7 nitrogen and oxygen atoms in total. The van der Waals surface area contributed by atoms with E-state index < -0.39 is 5.82 Å². The quantitative estimate of drug-likeness (QED) is 0.532. The van der Waals surface area contributed by atoms with Gasteiger partial charge in [0.25, 0.3) is 5.91 Å². The lowest BCUT2D eigenvalue weighted by molar-refractivity contribution is 0.0831. The molecule has 0 radical (unpaired) electrons. The third kappa shape index (κ3) is 4.71. The molecule has 0 bridgehead atoms. The Morgan fingerprint density at radius 1 is 1.17 bits per heavy atom. The Morgan fingerprint density at radius 3 is 2.63 bits per heavy atom. The molecular weight excluding hydrogens is 463 g/mol. The van der Waals surface area contributed by atoms with Crippen LogP contribution in [0, 0.1) is 5.82 Å². The van der Waals surface area contributed by atoms with E-state index in [9.17, 15) is 4.79 Å². The Bertz CT molecular complexity index is 1240. The fourth-order valence-corrected chi connectivity index (χ4v) is 6.43. The minimum Gasteiger partial charge on any atom is -0.367 e. The summed E-state index contributed by atoms with van der Waals surface area (Å²) >= 11 is 1.50. The smallest absolute Gasteiger partial charge is 0.263 e. The molecule has 1 aliphatic heterocycles. The Hall–Kier alpha value is -2.78. The number of fused-ring (bicyclic) bond motifs is 1.